The van der Waals surface area contributed by atoms with Crippen LogP contribution in [0.5, 0.6) is 0 Å². The Kier molecular flexibility index (Phi) is 3.94. The van der Waals surface area contributed by atoms with Gasteiger partial charge in [-0.25, -0.2) is 4.68 Å². The van der Waals surface area contributed by atoms with Crippen molar-refractivity contribution in [2.75, 3.05) is 0 Å². The monoisotopic (exact) mass is 388 g/mol. The Morgan fingerprint density at radius 2 is 1.86 bits per heavy atom. The number of carbonyl (C=O) groups excluding carboxylic acids is 1. The van der Waals surface area contributed by atoms with Gasteiger partial charge in [-0.2, -0.15) is 5.10 Å². The highest BCUT2D eigenvalue weighted by molar-refractivity contribution is 7.12. The first kappa shape index (κ1) is 17.0. The largest absolute Gasteiger partial charge is 0.327 e. The van der Waals surface area contributed by atoms with Crippen molar-refractivity contribution in [3.63, 3.8) is 0 Å². The smallest absolute Gasteiger partial charge is 0.264 e. The lowest BCUT2D eigenvalue weighted by Crippen LogP contribution is -2.25. The molecule has 0 aliphatic carbocycles. The quantitative estimate of drug-likeness (QED) is 0.519. The summed E-state index contributed by atoms with van der Waals surface area (Å²) in [5.41, 5.74) is 5.43. The van der Waals surface area contributed by atoms with E-state index in [2.05, 4.69) is 29.7 Å². The minimum Gasteiger partial charge on any atom is -0.327 e. The summed E-state index contributed by atoms with van der Waals surface area (Å²) in [6.07, 6.45) is 4.05. The van der Waals surface area contributed by atoms with Crippen LogP contribution in [-0.2, 0) is 13.1 Å². The van der Waals surface area contributed by atoms with Crippen molar-refractivity contribution in [3.8, 4) is 11.5 Å². The molecule has 1 amide bonds. The average Bonchev–Trinajstić information content (AvgIpc) is 3.44. The lowest BCUT2D eigenvalue weighted by Gasteiger charge is -2.17. The summed E-state index contributed by atoms with van der Waals surface area (Å²) in [4.78, 5) is 15.6. The maximum Gasteiger partial charge on any atom is 0.264 e. The zero-order valence-electron chi connectivity index (χ0n) is 15.8. The van der Waals surface area contributed by atoms with Gasteiger partial charge in [-0.1, -0.05) is 12.1 Å². The van der Waals surface area contributed by atoms with Crippen molar-refractivity contribution in [2.45, 2.75) is 26.9 Å². The maximum atomic E-state index is 12.9. The highest BCUT2D eigenvalue weighted by atomic mass is 32.1. The second-order valence-corrected chi connectivity index (χ2v) is 8.15. The molecule has 0 fully saturated rings. The van der Waals surface area contributed by atoms with Crippen molar-refractivity contribution < 1.29 is 4.79 Å². The fourth-order valence-corrected chi connectivity index (χ4v) is 4.59. The van der Waals surface area contributed by atoms with Gasteiger partial charge in [-0.3, -0.25) is 4.79 Å². The molecule has 28 heavy (non-hydrogen) atoms. The first-order valence-electron chi connectivity index (χ1n) is 9.26. The van der Waals surface area contributed by atoms with E-state index in [-0.39, 0.29) is 5.91 Å². The Labute approximate surface area is 167 Å². The summed E-state index contributed by atoms with van der Waals surface area (Å²) >= 11 is 1.51. The molecule has 1 aromatic carbocycles. The van der Waals surface area contributed by atoms with Gasteiger partial charge in [0.25, 0.3) is 5.91 Å². The normalized spacial score (nSPS) is 13.1. The zero-order chi connectivity index (χ0) is 19.3. The van der Waals surface area contributed by atoms with E-state index in [0.717, 1.165) is 33.2 Å². The first-order chi connectivity index (χ1) is 13.6. The molecule has 0 radical (unpaired) electrons. The molecule has 4 aromatic rings. The molecule has 140 valence electrons. The molecule has 0 saturated carbocycles. The SMILES string of the molecule is Cc1cccc(-n2nc3c(c2-n2cccc2)CN(C(=O)c2cc(C)cs2)C3)c1. The van der Waals surface area contributed by atoms with Crippen LogP contribution in [0, 0.1) is 13.8 Å². The minimum absolute atomic E-state index is 0.0802. The molecule has 0 atom stereocenters. The maximum absolute atomic E-state index is 12.9. The number of aryl methyl sites for hydroxylation is 2. The molecular weight excluding hydrogens is 368 g/mol. The lowest BCUT2D eigenvalue weighted by atomic mass is 10.2. The summed E-state index contributed by atoms with van der Waals surface area (Å²) < 4.78 is 4.08. The highest BCUT2D eigenvalue weighted by Crippen LogP contribution is 2.32. The third kappa shape index (κ3) is 2.77. The highest BCUT2D eigenvalue weighted by Gasteiger charge is 2.32. The summed E-state index contributed by atoms with van der Waals surface area (Å²) in [6, 6.07) is 14.3. The molecule has 6 heteroatoms. The van der Waals surface area contributed by atoms with E-state index < -0.39 is 0 Å². The van der Waals surface area contributed by atoms with Crippen molar-refractivity contribution in [1.82, 2.24) is 19.2 Å². The Morgan fingerprint density at radius 3 is 2.57 bits per heavy atom. The van der Waals surface area contributed by atoms with E-state index in [1.165, 1.54) is 16.9 Å². The van der Waals surface area contributed by atoms with Crippen LogP contribution >= 0.6 is 11.3 Å². The van der Waals surface area contributed by atoms with Gasteiger partial charge in [0.1, 0.15) is 5.82 Å². The summed E-state index contributed by atoms with van der Waals surface area (Å²) in [7, 11) is 0. The molecular formula is C22H20N4OS. The number of carbonyl (C=O) groups is 1. The molecule has 0 unspecified atom stereocenters. The predicted octanol–water partition coefficient (Wildman–Crippen LogP) is 4.50. The predicted molar refractivity (Wildman–Crippen MR) is 110 cm³/mol. The fraction of sp³-hybridized carbons (Fsp3) is 0.182. The Bertz CT molecular complexity index is 1170. The van der Waals surface area contributed by atoms with Gasteiger partial charge in [0.05, 0.1) is 29.3 Å². The molecule has 1 aliphatic rings. The van der Waals surface area contributed by atoms with Crippen molar-refractivity contribution in [2.24, 2.45) is 0 Å². The lowest BCUT2D eigenvalue weighted by molar-refractivity contribution is 0.0754. The standard InChI is InChI=1S/C22H20N4OS/c1-15-6-5-7-17(10-15)26-21(24-8-3-4-9-24)18-12-25(13-19(18)23-26)22(27)20-11-16(2)14-28-20/h3-11,14H,12-13H2,1-2H3. The van der Waals surface area contributed by atoms with E-state index in [1.54, 1.807) is 0 Å². The van der Waals surface area contributed by atoms with E-state index in [1.807, 2.05) is 58.5 Å². The van der Waals surface area contributed by atoms with E-state index in [9.17, 15) is 4.79 Å². The van der Waals surface area contributed by atoms with Crippen LogP contribution in [0.1, 0.15) is 32.1 Å². The molecule has 4 heterocycles. The summed E-state index contributed by atoms with van der Waals surface area (Å²) in [5.74, 6) is 1.08. The van der Waals surface area contributed by atoms with Crippen LogP contribution in [0.25, 0.3) is 11.5 Å². The van der Waals surface area contributed by atoms with Crippen LogP contribution in [0.4, 0.5) is 0 Å². The molecule has 5 rings (SSSR count). The van der Waals surface area contributed by atoms with Crippen LogP contribution in [0.3, 0.4) is 0 Å². The van der Waals surface area contributed by atoms with Gasteiger partial charge in [0, 0.05) is 18.0 Å². The van der Waals surface area contributed by atoms with E-state index in [4.69, 9.17) is 5.10 Å². The van der Waals surface area contributed by atoms with Crippen molar-refractivity contribution in [1.29, 1.82) is 0 Å². The van der Waals surface area contributed by atoms with Crippen LogP contribution < -0.4 is 0 Å². The third-order valence-electron chi connectivity index (χ3n) is 5.05. The Morgan fingerprint density at radius 1 is 1.04 bits per heavy atom. The van der Waals surface area contributed by atoms with Gasteiger partial charge >= 0.3 is 0 Å². The third-order valence-corrected chi connectivity index (χ3v) is 6.09. The summed E-state index contributed by atoms with van der Waals surface area (Å²) in [5, 5.41) is 6.91. The van der Waals surface area contributed by atoms with Gasteiger partial charge in [-0.15, -0.1) is 11.3 Å². The molecule has 5 nitrogen and oxygen atoms in total. The number of thiophene rings is 1. The van der Waals surface area contributed by atoms with Crippen molar-refractivity contribution >= 4 is 17.2 Å². The molecule has 0 N–H and O–H groups in total. The van der Waals surface area contributed by atoms with Crippen LogP contribution in [0.15, 0.2) is 60.2 Å². The number of fused-ring (bicyclic) bond motifs is 1. The molecule has 1 aliphatic heterocycles. The number of nitrogens with zero attached hydrogens (tertiary/aromatic N) is 4. The second-order valence-electron chi connectivity index (χ2n) is 7.24. The molecule has 0 saturated heterocycles. The van der Waals surface area contributed by atoms with Gasteiger partial charge in [0.2, 0.25) is 0 Å². The summed E-state index contributed by atoms with van der Waals surface area (Å²) in [6.45, 7) is 5.21. The number of aromatic nitrogens is 3. The Hall–Kier alpha value is -3.12. The van der Waals surface area contributed by atoms with Gasteiger partial charge < -0.3 is 9.47 Å². The molecule has 0 bridgehead atoms. The number of hydrogen-bond donors (Lipinski definition) is 0. The first-order valence-corrected chi connectivity index (χ1v) is 10.1. The topological polar surface area (TPSA) is 43.1 Å². The van der Waals surface area contributed by atoms with Gasteiger partial charge in [0.15, 0.2) is 0 Å². The number of amides is 1. The van der Waals surface area contributed by atoms with E-state index in [0.29, 0.717) is 13.1 Å². The number of hydrogen-bond acceptors (Lipinski definition) is 3. The molecule has 3 aromatic heterocycles. The number of benzene rings is 1. The minimum atomic E-state index is 0.0802. The Balaban J connectivity index is 1.56. The van der Waals surface area contributed by atoms with Crippen LogP contribution in [-0.4, -0.2) is 25.2 Å². The zero-order valence-corrected chi connectivity index (χ0v) is 16.6. The van der Waals surface area contributed by atoms with Gasteiger partial charge in [-0.05, 0) is 60.7 Å². The van der Waals surface area contributed by atoms with Crippen molar-refractivity contribution in [3.05, 3.63) is 87.5 Å². The number of rotatable bonds is 3. The fourth-order valence-electron chi connectivity index (χ4n) is 3.73. The van der Waals surface area contributed by atoms with E-state index >= 15 is 0 Å². The van der Waals surface area contributed by atoms with Crippen LogP contribution in [0.2, 0.25) is 0 Å². The molecule has 0 spiro atoms. The second kappa shape index (κ2) is 6.49. The average molecular weight is 388 g/mol.